The average Bonchev–Trinajstić information content (AvgIpc) is 2.92. The summed E-state index contributed by atoms with van der Waals surface area (Å²) in [5.74, 6) is 0.843. The van der Waals surface area contributed by atoms with Crippen molar-refractivity contribution in [1.82, 2.24) is 0 Å². The maximum absolute atomic E-state index is 8.83. The van der Waals surface area contributed by atoms with E-state index in [1.54, 1.807) is 7.11 Å². The van der Waals surface area contributed by atoms with E-state index >= 15 is 0 Å². The maximum atomic E-state index is 8.83. The van der Waals surface area contributed by atoms with E-state index < -0.39 is 0 Å². The minimum atomic E-state index is 0.514. The number of ether oxygens (including phenoxy) is 1. The molecule has 5 heteroatoms. The highest BCUT2D eigenvalue weighted by atomic mass is 79.9. The number of benzene rings is 3. The number of methoxy groups -OCH3 is 1. The first-order valence-electron chi connectivity index (χ1n) is 11.8. The Bertz CT molecular complexity index is 1390. The molecule has 0 aliphatic carbocycles. The third kappa shape index (κ3) is 6.02. The molecule has 0 amide bonds. The summed E-state index contributed by atoms with van der Waals surface area (Å²) in [5, 5.41) is 8.83. The quantitative estimate of drug-likeness (QED) is 0.224. The molecule has 4 nitrogen and oxygen atoms in total. The fourth-order valence-electron chi connectivity index (χ4n) is 4.06. The molecular weight excluding hydrogens is 510 g/mol. The first-order chi connectivity index (χ1) is 17.5. The fourth-order valence-corrected chi connectivity index (χ4v) is 4.32. The maximum Gasteiger partial charge on any atom is 0.213 e. The van der Waals surface area contributed by atoms with Crippen molar-refractivity contribution < 1.29 is 9.30 Å². The molecule has 0 aliphatic heterocycles. The van der Waals surface area contributed by atoms with Crippen molar-refractivity contribution >= 4 is 33.8 Å². The number of nitrogens with zero attached hydrogens (tertiary/aromatic N) is 3. The van der Waals surface area contributed by atoms with Gasteiger partial charge in [-0.25, -0.2) is 0 Å². The fraction of sp³-hybridized carbons (Fsp3) is 0.161. The molecule has 0 radical (unpaired) electrons. The second-order valence-electron chi connectivity index (χ2n) is 8.60. The number of hydrogen-bond acceptors (Lipinski definition) is 3. The highest BCUT2D eigenvalue weighted by Gasteiger charge is 2.17. The number of halogens is 1. The van der Waals surface area contributed by atoms with Crippen LogP contribution in [0.3, 0.4) is 0 Å². The molecular formula is C31H29BrN3O+. The van der Waals surface area contributed by atoms with E-state index in [2.05, 4.69) is 123 Å². The highest BCUT2D eigenvalue weighted by molar-refractivity contribution is 9.10. The lowest BCUT2D eigenvalue weighted by atomic mass is 10.0. The van der Waals surface area contributed by atoms with Crippen LogP contribution in [0.4, 0.5) is 5.69 Å². The minimum Gasteiger partial charge on any atom is -0.497 e. The largest absolute Gasteiger partial charge is 0.497 e. The molecule has 1 aromatic heterocycles. The van der Waals surface area contributed by atoms with E-state index in [1.807, 2.05) is 19.2 Å². The number of rotatable bonds is 8. The third-order valence-corrected chi connectivity index (χ3v) is 6.78. The van der Waals surface area contributed by atoms with Gasteiger partial charge in [0.15, 0.2) is 0 Å². The van der Waals surface area contributed by atoms with Gasteiger partial charge in [0, 0.05) is 47.5 Å². The topological polar surface area (TPSA) is 40.1 Å². The number of hydrogen-bond donors (Lipinski definition) is 0. The Hall–Kier alpha value is -3.88. The second kappa shape index (κ2) is 11.7. The van der Waals surface area contributed by atoms with Crippen LogP contribution in [-0.2, 0) is 7.05 Å². The van der Waals surface area contributed by atoms with Crippen LogP contribution in [0.25, 0.3) is 34.5 Å². The SMILES string of the molecule is COc1ccc(-c2cc(/C=C/c3ccc(N(C)CCC#N)cc3)[n+](C)c(-c3ccc(Br)cc3)c2)cc1. The van der Waals surface area contributed by atoms with E-state index in [1.165, 1.54) is 0 Å². The summed E-state index contributed by atoms with van der Waals surface area (Å²) in [4.78, 5) is 2.10. The van der Waals surface area contributed by atoms with Crippen molar-refractivity contribution in [3.8, 4) is 34.2 Å². The van der Waals surface area contributed by atoms with Gasteiger partial charge in [-0.1, -0.05) is 40.2 Å². The molecule has 0 atom stereocenters. The first kappa shape index (κ1) is 25.2. The molecule has 4 aromatic rings. The van der Waals surface area contributed by atoms with E-state index in [9.17, 15) is 0 Å². The third-order valence-electron chi connectivity index (χ3n) is 6.25. The zero-order valence-corrected chi connectivity index (χ0v) is 22.4. The van der Waals surface area contributed by atoms with Gasteiger partial charge >= 0.3 is 0 Å². The Balaban J connectivity index is 1.70. The van der Waals surface area contributed by atoms with Crippen LogP contribution in [-0.4, -0.2) is 20.7 Å². The zero-order valence-electron chi connectivity index (χ0n) is 20.8. The average molecular weight is 539 g/mol. The van der Waals surface area contributed by atoms with Gasteiger partial charge in [0.1, 0.15) is 12.8 Å². The molecule has 36 heavy (non-hydrogen) atoms. The lowest BCUT2D eigenvalue weighted by Crippen LogP contribution is -2.34. The number of anilines is 1. The summed E-state index contributed by atoms with van der Waals surface area (Å²) in [5.41, 5.74) is 7.87. The molecule has 0 bridgehead atoms. The number of aromatic nitrogens is 1. The van der Waals surface area contributed by atoms with Gasteiger partial charge in [-0.05, 0) is 71.3 Å². The van der Waals surface area contributed by atoms with Crippen molar-refractivity contribution in [3.05, 3.63) is 101 Å². The Morgan fingerprint density at radius 3 is 2.19 bits per heavy atom. The van der Waals surface area contributed by atoms with Crippen LogP contribution >= 0.6 is 15.9 Å². The second-order valence-corrected chi connectivity index (χ2v) is 9.52. The van der Waals surface area contributed by atoms with Crippen LogP contribution in [0.2, 0.25) is 0 Å². The standard InChI is InChI=1S/C31H29BrN3O/c1-34(20-4-19-33)28-14-5-23(6-15-28)7-16-29-21-26(24-10-17-30(36-3)18-11-24)22-31(35(29)2)25-8-12-27(32)13-9-25/h5-18,21-22H,4,20H2,1-3H3/q+1. The summed E-state index contributed by atoms with van der Waals surface area (Å²) in [6.07, 6.45) is 4.81. The van der Waals surface area contributed by atoms with Gasteiger partial charge in [-0.2, -0.15) is 9.83 Å². The molecule has 0 aliphatic rings. The predicted octanol–water partition coefficient (Wildman–Crippen LogP) is 7.14. The normalized spacial score (nSPS) is 10.9. The van der Waals surface area contributed by atoms with Crippen molar-refractivity contribution in [3.63, 3.8) is 0 Å². The summed E-state index contributed by atoms with van der Waals surface area (Å²) in [6.45, 7) is 0.721. The lowest BCUT2D eigenvalue weighted by Gasteiger charge is -2.17. The lowest BCUT2D eigenvalue weighted by molar-refractivity contribution is -0.662. The molecule has 0 fully saturated rings. The molecule has 0 saturated carbocycles. The van der Waals surface area contributed by atoms with Crippen LogP contribution in [0.15, 0.2) is 89.4 Å². The summed E-state index contributed by atoms with van der Waals surface area (Å²) in [6, 6.07) is 31.6. The molecule has 0 saturated heterocycles. The van der Waals surface area contributed by atoms with Gasteiger partial charge in [-0.15, -0.1) is 0 Å². The van der Waals surface area contributed by atoms with Gasteiger partial charge in [0.25, 0.3) is 0 Å². The van der Waals surface area contributed by atoms with Crippen molar-refractivity contribution in [2.24, 2.45) is 7.05 Å². The highest BCUT2D eigenvalue weighted by Crippen LogP contribution is 2.28. The molecule has 3 aromatic carbocycles. The van der Waals surface area contributed by atoms with E-state index in [0.717, 1.165) is 56.1 Å². The molecule has 4 rings (SSSR count). The number of pyridine rings is 1. The molecule has 0 spiro atoms. The van der Waals surface area contributed by atoms with E-state index in [-0.39, 0.29) is 0 Å². The van der Waals surface area contributed by atoms with Crippen LogP contribution in [0.1, 0.15) is 17.7 Å². The monoisotopic (exact) mass is 538 g/mol. The van der Waals surface area contributed by atoms with Crippen LogP contribution in [0, 0.1) is 11.3 Å². The molecule has 0 unspecified atom stereocenters. The van der Waals surface area contributed by atoms with Gasteiger partial charge < -0.3 is 9.64 Å². The first-order valence-corrected chi connectivity index (χ1v) is 12.6. The number of nitriles is 1. The van der Waals surface area contributed by atoms with Gasteiger partial charge in [0.2, 0.25) is 11.4 Å². The van der Waals surface area contributed by atoms with Crippen LogP contribution in [0.5, 0.6) is 5.75 Å². The summed E-state index contributed by atoms with van der Waals surface area (Å²) in [7, 11) is 5.79. The Kier molecular flexibility index (Phi) is 8.20. The van der Waals surface area contributed by atoms with Crippen LogP contribution < -0.4 is 14.2 Å². The summed E-state index contributed by atoms with van der Waals surface area (Å²) < 4.78 is 8.62. The van der Waals surface area contributed by atoms with E-state index in [4.69, 9.17) is 10.00 Å². The molecule has 180 valence electrons. The molecule has 0 N–H and O–H groups in total. The van der Waals surface area contributed by atoms with Crippen molar-refractivity contribution in [2.45, 2.75) is 6.42 Å². The zero-order chi connectivity index (χ0) is 25.5. The predicted molar refractivity (Wildman–Crippen MR) is 152 cm³/mol. The smallest absolute Gasteiger partial charge is 0.213 e. The van der Waals surface area contributed by atoms with Gasteiger partial charge in [0.05, 0.1) is 19.6 Å². The van der Waals surface area contributed by atoms with E-state index in [0.29, 0.717) is 6.42 Å². The molecule has 1 heterocycles. The van der Waals surface area contributed by atoms with Crippen molar-refractivity contribution in [2.75, 3.05) is 25.6 Å². The van der Waals surface area contributed by atoms with Crippen molar-refractivity contribution in [1.29, 1.82) is 5.26 Å². The Labute approximate surface area is 221 Å². The Morgan fingerprint density at radius 2 is 1.56 bits per heavy atom. The summed E-state index contributed by atoms with van der Waals surface area (Å²) >= 11 is 3.55. The minimum absolute atomic E-state index is 0.514. The Morgan fingerprint density at radius 1 is 0.889 bits per heavy atom. The van der Waals surface area contributed by atoms with Gasteiger partial charge in [-0.3, -0.25) is 0 Å².